The summed E-state index contributed by atoms with van der Waals surface area (Å²) in [5.74, 6) is 0.357. The van der Waals surface area contributed by atoms with E-state index in [4.69, 9.17) is 5.11 Å². The summed E-state index contributed by atoms with van der Waals surface area (Å²) in [6.45, 7) is 6.46. The minimum absolute atomic E-state index is 0.0424. The number of hydrogen-bond acceptors (Lipinski definition) is 2. The minimum atomic E-state index is -0.0424. The molecule has 2 heteroatoms. The second-order valence-electron chi connectivity index (χ2n) is 4.93. The first-order valence-electron chi connectivity index (χ1n) is 5.38. The minimum Gasteiger partial charge on any atom is -0.508 e. The molecule has 0 aliphatic heterocycles. The molecule has 0 bridgehead atoms. The van der Waals surface area contributed by atoms with E-state index in [2.05, 4.69) is 20.8 Å². The maximum atomic E-state index is 9.75. The fourth-order valence-corrected chi connectivity index (χ4v) is 1.62. The van der Waals surface area contributed by atoms with Crippen molar-refractivity contribution in [3.05, 3.63) is 29.3 Å². The number of aliphatic hydroxyl groups excluding tert-OH is 1. The number of phenolic OH excluding ortho intramolecular Hbond substituents is 1. The van der Waals surface area contributed by atoms with E-state index in [1.807, 2.05) is 12.1 Å². The first kappa shape index (κ1) is 12.1. The number of hydrogen-bond donors (Lipinski definition) is 2. The molecule has 84 valence electrons. The van der Waals surface area contributed by atoms with E-state index < -0.39 is 0 Å². The van der Waals surface area contributed by atoms with Gasteiger partial charge in [-0.05, 0) is 35.4 Å². The van der Waals surface area contributed by atoms with Crippen LogP contribution in [0.3, 0.4) is 0 Å². The zero-order valence-electron chi connectivity index (χ0n) is 9.75. The third-order valence-corrected chi connectivity index (χ3v) is 2.49. The maximum absolute atomic E-state index is 9.75. The largest absolute Gasteiger partial charge is 0.508 e. The van der Waals surface area contributed by atoms with Gasteiger partial charge in [0.25, 0.3) is 0 Å². The van der Waals surface area contributed by atoms with Crippen LogP contribution in [0.25, 0.3) is 0 Å². The molecule has 0 unspecified atom stereocenters. The second kappa shape index (κ2) is 4.67. The first-order valence-corrected chi connectivity index (χ1v) is 5.38. The summed E-state index contributed by atoms with van der Waals surface area (Å²) in [6, 6.07) is 5.69. The van der Waals surface area contributed by atoms with E-state index in [9.17, 15) is 5.11 Å². The summed E-state index contributed by atoms with van der Waals surface area (Å²) < 4.78 is 0. The van der Waals surface area contributed by atoms with E-state index in [0.717, 1.165) is 18.4 Å². The molecule has 0 aliphatic rings. The van der Waals surface area contributed by atoms with Crippen LogP contribution < -0.4 is 0 Å². The predicted octanol–water partition coefficient (Wildman–Crippen LogP) is 2.61. The highest BCUT2D eigenvalue weighted by molar-refractivity contribution is 5.40. The Morgan fingerprint density at radius 3 is 2.40 bits per heavy atom. The predicted molar refractivity (Wildman–Crippen MR) is 62.2 cm³/mol. The van der Waals surface area contributed by atoms with Gasteiger partial charge in [0, 0.05) is 6.61 Å². The van der Waals surface area contributed by atoms with Gasteiger partial charge in [-0.3, -0.25) is 0 Å². The molecule has 2 nitrogen and oxygen atoms in total. The van der Waals surface area contributed by atoms with E-state index >= 15 is 0 Å². The van der Waals surface area contributed by atoms with Gasteiger partial charge in [0.1, 0.15) is 5.75 Å². The van der Waals surface area contributed by atoms with Crippen LogP contribution in [0.15, 0.2) is 18.2 Å². The number of aliphatic hydroxyl groups is 1. The maximum Gasteiger partial charge on any atom is 0.119 e. The highest BCUT2D eigenvalue weighted by Gasteiger charge is 2.18. The monoisotopic (exact) mass is 208 g/mol. The lowest BCUT2D eigenvalue weighted by Gasteiger charge is -2.21. The van der Waals surface area contributed by atoms with Gasteiger partial charge in [-0.1, -0.05) is 32.9 Å². The van der Waals surface area contributed by atoms with Crippen LogP contribution in [0, 0.1) is 0 Å². The number of rotatable bonds is 3. The molecule has 0 aromatic heterocycles. The van der Waals surface area contributed by atoms with Gasteiger partial charge in [0.15, 0.2) is 0 Å². The standard InChI is InChI=1S/C13H20O2/c1-13(2,3)11-9-10(5-4-8-14)6-7-12(11)15/h6-7,9,14-15H,4-5,8H2,1-3H3. The first-order chi connectivity index (χ1) is 6.95. The van der Waals surface area contributed by atoms with Crippen molar-refractivity contribution in [3.63, 3.8) is 0 Å². The highest BCUT2D eigenvalue weighted by Crippen LogP contribution is 2.31. The van der Waals surface area contributed by atoms with Crippen molar-refractivity contribution in [2.45, 2.75) is 39.0 Å². The van der Waals surface area contributed by atoms with Crippen LogP contribution >= 0.6 is 0 Å². The Morgan fingerprint density at radius 1 is 1.20 bits per heavy atom. The molecule has 0 atom stereocenters. The van der Waals surface area contributed by atoms with Crippen LogP contribution in [0.2, 0.25) is 0 Å². The third-order valence-electron chi connectivity index (χ3n) is 2.49. The Kier molecular flexibility index (Phi) is 3.75. The number of aromatic hydroxyl groups is 1. The normalized spacial score (nSPS) is 11.7. The summed E-state index contributed by atoms with van der Waals surface area (Å²) in [7, 11) is 0. The average molecular weight is 208 g/mol. The van der Waals surface area contributed by atoms with Crippen molar-refractivity contribution < 1.29 is 10.2 Å². The van der Waals surface area contributed by atoms with E-state index in [1.165, 1.54) is 5.56 Å². The zero-order chi connectivity index (χ0) is 11.5. The summed E-state index contributed by atoms with van der Waals surface area (Å²) in [4.78, 5) is 0. The van der Waals surface area contributed by atoms with E-state index in [0.29, 0.717) is 5.75 Å². The number of phenols is 1. The summed E-state index contributed by atoms with van der Waals surface area (Å²) in [5.41, 5.74) is 2.10. The molecule has 1 aromatic carbocycles. The Balaban J connectivity index is 2.95. The Bertz CT molecular complexity index is 324. The molecule has 0 fully saturated rings. The zero-order valence-corrected chi connectivity index (χ0v) is 9.75. The third kappa shape index (κ3) is 3.24. The van der Waals surface area contributed by atoms with E-state index in [1.54, 1.807) is 6.07 Å². The fraction of sp³-hybridized carbons (Fsp3) is 0.538. The van der Waals surface area contributed by atoms with Crippen molar-refractivity contribution in [1.82, 2.24) is 0 Å². The Labute approximate surface area is 91.6 Å². The van der Waals surface area contributed by atoms with Gasteiger partial charge in [-0.25, -0.2) is 0 Å². The van der Waals surface area contributed by atoms with Crippen molar-refractivity contribution in [1.29, 1.82) is 0 Å². The summed E-state index contributed by atoms with van der Waals surface area (Å²) in [5, 5.41) is 18.5. The molecule has 1 aromatic rings. The molecule has 15 heavy (non-hydrogen) atoms. The molecule has 0 aliphatic carbocycles. The second-order valence-corrected chi connectivity index (χ2v) is 4.93. The molecule has 0 radical (unpaired) electrons. The SMILES string of the molecule is CC(C)(C)c1cc(CCCO)ccc1O. The van der Waals surface area contributed by atoms with Crippen LogP contribution in [-0.4, -0.2) is 16.8 Å². The van der Waals surface area contributed by atoms with Gasteiger partial charge >= 0.3 is 0 Å². The van der Waals surface area contributed by atoms with Crippen LogP contribution in [-0.2, 0) is 11.8 Å². The van der Waals surface area contributed by atoms with Crippen LogP contribution in [0.4, 0.5) is 0 Å². The van der Waals surface area contributed by atoms with Gasteiger partial charge < -0.3 is 10.2 Å². The lowest BCUT2D eigenvalue weighted by Crippen LogP contribution is -2.11. The molecule has 0 heterocycles. The van der Waals surface area contributed by atoms with E-state index in [-0.39, 0.29) is 12.0 Å². The molecule has 1 rings (SSSR count). The van der Waals surface area contributed by atoms with Crippen LogP contribution in [0.1, 0.15) is 38.3 Å². The quantitative estimate of drug-likeness (QED) is 0.801. The molecule has 0 saturated carbocycles. The fourth-order valence-electron chi connectivity index (χ4n) is 1.62. The van der Waals surface area contributed by atoms with Gasteiger partial charge in [0.2, 0.25) is 0 Å². The van der Waals surface area contributed by atoms with Gasteiger partial charge in [0.05, 0.1) is 0 Å². The molecule has 0 spiro atoms. The molecular weight excluding hydrogens is 188 g/mol. The van der Waals surface area contributed by atoms with Crippen molar-refractivity contribution in [2.75, 3.05) is 6.61 Å². The van der Waals surface area contributed by atoms with Crippen molar-refractivity contribution >= 4 is 0 Å². The van der Waals surface area contributed by atoms with Crippen LogP contribution in [0.5, 0.6) is 5.75 Å². The molecular formula is C13H20O2. The van der Waals surface area contributed by atoms with Gasteiger partial charge in [-0.15, -0.1) is 0 Å². The number of aryl methyl sites for hydroxylation is 1. The topological polar surface area (TPSA) is 40.5 Å². The Hall–Kier alpha value is -1.02. The van der Waals surface area contributed by atoms with Crippen molar-refractivity contribution in [3.8, 4) is 5.75 Å². The molecule has 0 saturated heterocycles. The molecule has 2 N–H and O–H groups in total. The highest BCUT2D eigenvalue weighted by atomic mass is 16.3. The molecule has 0 amide bonds. The smallest absolute Gasteiger partial charge is 0.119 e. The lowest BCUT2D eigenvalue weighted by atomic mass is 9.85. The summed E-state index contributed by atoms with van der Waals surface area (Å²) >= 11 is 0. The van der Waals surface area contributed by atoms with Crippen molar-refractivity contribution in [2.24, 2.45) is 0 Å². The average Bonchev–Trinajstić information content (AvgIpc) is 2.15. The Morgan fingerprint density at radius 2 is 1.87 bits per heavy atom. The summed E-state index contributed by atoms with van der Waals surface area (Å²) in [6.07, 6.45) is 1.63. The number of benzene rings is 1. The lowest BCUT2D eigenvalue weighted by molar-refractivity contribution is 0.288. The van der Waals surface area contributed by atoms with Gasteiger partial charge in [-0.2, -0.15) is 0 Å².